The van der Waals surface area contributed by atoms with Gasteiger partial charge in [-0.15, -0.1) is 0 Å². The molecule has 0 aliphatic heterocycles. The van der Waals surface area contributed by atoms with E-state index in [1.165, 1.54) is 12.8 Å². The average molecular weight is 325 g/mol. The lowest BCUT2D eigenvalue weighted by Crippen LogP contribution is -2.32. The Kier molecular flexibility index (Phi) is 5.72. The molecule has 0 spiro atoms. The molecule has 1 N–H and O–H groups in total. The van der Waals surface area contributed by atoms with Crippen molar-refractivity contribution in [2.75, 3.05) is 13.2 Å². The highest BCUT2D eigenvalue weighted by Gasteiger charge is 2.17. The van der Waals surface area contributed by atoms with E-state index in [9.17, 15) is 4.79 Å². The van der Waals surface area contributed by atoms with Gasteiger partial charge in [0.25, 0.3) is 5.91 Å². The number of rotatable bonds is 7. The van der Waals surface area contributed by atoms with Crippen molar-refractivity contribution in [3.8, 4) is 11.5 Å². The second-order valence-corrected chi connectivity index (χ2v) is 5.99. The summed E-state index contributed by atoms with van der Waals surface area (Å²) in [6, 6.07) is 17.2. The van der Waals surface area contributed by atoms with E-state index in [2.05, 4.69) is 5.32 Å². The van der Waals surface area contributed by atoms with Crippen LogP contribution in [0.4, 0.5) is 0 Å². The molecule has 0 unspecified atom stereocenters. The third-order valence-corrected chi connectivity index (χ3v) is 4.17. The highest BCUT2D eigenvalue weighted by molar-refractivity contribution is 5.94. The van der Waals surface area contributed by atoms with Gasteiger partial charge in [0.2, 0.25) is 0 Å². The Morgan fingerprint density at radius 2 is 1.46 bits per heavy atom. The first-order valence-electron chi connectivity index (χ1n) is 8.53. The molecule has 0 bridgehead atoms. The lowest BCUT2D eigenvalue weighted by Gasteiger charge is -2.12. The average Bonchev–Trinajstić information content (AvgIpc) is 3.13. The molecule has 1 fully saturated rings. The lowest BCUT2D eigenvalue weighted by molar-refractivity contribution is 0.0938. The second-order valence-electron chi connectivity index (χ2n) is 5.99. The minimum absolute atomic E-state index is 0.000797. The van der Waals surface area contributed by atoms with Crippen molar-refractivity contribution in [2.24, 2.45) is 0 Å². The molecule has 1 amide bonds. The maximum Gasteiger partial charge on any atom is 0.251 e. The fourth-order valence-corrected chi connectivity index (χ4v) is 2.88. The van der Waals surface area contributed by atoms with Crippen LogP contribution in [0, 0.1) is 0 Å². The van der Waals surface area contributed by atoms with Crippen LogP contribution in [0.2, 0.25) is 0 Å². The summed E-state index contributed by atoms with van der Waals surface area (Å²) >= 11 is 0. The molecule has 2 aromatic rings. The predicted octanol–water partition coefficient (Wildman–Crippen LogP) is 3.82. The van der Waals surface area contributed by atoms with Gasteiger partial charge >= 0.3 is 0 Å². The van der Waals surface area contributed by atoms with Crippen molar-refractivity contribution in [2.45, 2.75) is 31.7 Å². The van der Waals surface area contributed by atoms with Crippen LogP contribution in [-0.2, 0) is 0 Å². The van der Waals surface area contributed by atoms with Crippen LogP contribution in [0.5, 0.6) is 11.5 Å². The molecule has 0 heterocycles. The van der Waals surface area contributed by atoms with Crippen LogP contribution in [0.3, 0.4) is 0 Å². The van der Waals surface area contributed by atoms with Crippen LogP contribution in [0.1, 0.15) is 36.0 Å². The van der Waals surface area contributed by atoms with Gasteiger partial charge in [0.1, 0.15) is 24.7 Å². The van der Waals surface area contributed by atoms with Crippen molar-refractivity contribution in [1.82, 2.24) is 5.32 Å². The molecule has 4 nitrogen and oxygen atoms in total. The summed E-state index contributed by atoms with van der Waals surface area (Å²) in [6.07, 6.45) is 4.61. The van der Waals surface area contributed by atoms with Gasteiger partial charge in [0.05, 0.1) is 0 Å². The van der Waals surface area contributed by atoms with Crippen LogP contribution in [-0.4, -0.2) is 25.2 Å². The van der Waals surface area contributed by atoms with Gasteiger partial charge in [0.15, 0.2) is 0 Å². The quantitative estimate of drug-likeness (QED) is 0.787. The SMILES string of the molecule is O=C(NC1CCCC1)c1ccc(OCCOc2ccccc2)cc1. The predicted molar refractivity (Wildman–Crippen MR) is 93.6 cm³/mol. The number of nitrogens with one attached hydrogen (secondary N) is 1. The number of benzene rings is 2. The first kappa shape index (κ1) is 16.4. The van der Waals surface area contributed by atoms with Gasteiger partial charge in [0, 0.05) is 11.6 Å². The number of amides is 1. The highest BCUT2D eigenvalue weighted by atomic mass is 16.5. The van der Waals surface area contributed by atoms with Crippen LogP contribution < -0.4 is 14.8 Å². The first-order valence-corrected chi connectivity index (χ1v) is 8.53. The molecule has 126 valence electrons. The lowest BCUT2D eigenvalue weighted by atomic mass is 10.1. The molecule has 0 aromatic heterocycles. The molecule has 24 heavy (non-hydrogen) atoms. The van der Waals surface area contributed by atoms with Crippen molar-refractivity contribution in [3.63, 3.8) is 0 Å². The van der Waals surface area contributed by atoms with E-state index < -0.39 is 0 Å². The number of hydrogen-bond acceptors (Lipinski definition) is 3. The third kappa shape index (κ3) is 4.75. The summed E-state index contributed by atoms with van der Waals surface area (Å²) in [5, 5.41) is 3.09. The maximum atomic E-state index is 12.2. The topological polar surface area (TPSA) is 47.6 Å². The smallest absolute Gasteiger partial charge is 0.251 e. The fourth-order valence-electron chi connectivity index (χ4n) is 2.88. The maximum absolute atomic E-state index is 12.2. The number of hydrogen-bond donors (Lipinski definition) is 1. The van der Waals surface area contributed by atoms with Crippen LogP contribution in [0.25, 0.3) is 0 Å². The molecular formula is C20H23NO3. The summed E-state index contributed by atoms with van der Waals surface area (Å²) in [5.74, 6) is 1.57. The van der Waals surface area contributed by atoms with E-state index in [1.54, 1.807) is 12.1 Å². The summed E-state index contributed by atoms with van der Waals surface area (Å²) in [4.78, 5) is 12.2. The zero-order valence-electron chi connectivity index (χ0n) is 13.7. The zero-order valence-corrected chi connectivity index (χ0v) is 13.7. The van der Waals surface area contributed by atoms with E-state index >= 15 is 0 Å². The number of carbonyl (C=O) groups is 1. The molecule has 3 rings (SSSR count). The Bertz CT molecular complexity index is 634. The van der Waals surface area contributed by atoms with Gasteiger partial charge in [-0.1, -0.05) is 31.0 Å². The standard InChI is InChI=1S/C20H23NO3/c22-20(21-17-6-4-5-7-17)16-10-12-19(13-11-16)24-15-14-23-18-8-2-1-3-9-18/h1-3,8-13,17H,4-7,14-15H2,(H,21,22). The summed E-state index contributed by atoms with van der Waals surface area (Å²) in [7, 11) is 0. The summed E-state index contributed by atoms with van der Waals surface area (Å²) in [6.45, 7) is 0.941. The van der Waals surface area contributed by atoms with Crippen molar-refractivity contribution < 1.29 is 14.3 Å². The van der Waals surface area contributed by atoms with Crippen LogP contribution in [0.15, 0.2) is 54.6 Å². The van der Waals surface area contributed by atoms with Gasteiger partial charge in [-0.2, -0.15) is 0 Å². The van der Waals surface area contributed by atoms with Crippen molar-refractivity contribution in [3.05, 3.63) is 60.2 Å². The molecule has 0 saturated heterocycles. The van der Waals surface area contributed by atoms with Gasteiger partial charge in [-0.25, -0.2) is 0 Å². The van der Waals surface area contributed by atoms with Gasteiger partial charge < -0.3 is 14.8 Å². The Morgan fingerprint density at radius 3 is 2.08 bits per heavy atom. The monoisotopic (exact) mass is 325 g/mol. The Labute approximate surface area is 142 Å². The van der Waals surface area contributed by atoms with Crippen molar-refractivity contribution >= 4 is 5.91 Å². The van der Waals surface area contributed by atoms with E-state index in [0.717, 1.165) is 24.3 Å². The van der Waals surface area contributed by atoms with E-state index in [1.807, 2.05) is 42.5 Å². The molecule has 0 atom stereocenters. The minimum Gasteiger partial charge on any atom is -0.490 e. The highest BCUT2D eigenvalue weighted by Crippen LogP contribution is 2.19. The molecule has 1 saturated carbocycles. The normalized spacial score (nSPS) is 14.3. The van der Waals surface area contributed by atoms with Gasteiger partial charge in [-0.05, 0) is 49.2 Å². The van der Waals surface area contributed by atoms with Gasteiger partial charge in [-0.3, -0.25) is 4.79 Å². The Morgan fingerprint density at radius 1 is 0.875 bits per heavy atom. The number of ether oxygens (including phenoxy) is 2. The molecule has 4 heteroatoms. The minimum atomic E-state index is 0.000797. The van der Waals surface area contributed by atoms with Crippen LogP contribution >= 0.6 is 0 Å². The van der Waals surface area contributed by atoms with E-state index in [-0.39, 0.29) is 5.91 Å². The molecular weight excluding hydrogens is 302 g/mol. The largest absolute Gasteiger partial charge is 0.490 e. The fraction of sp³-hybridized carbons (Fsp3) is 0.350. The van der Waals surface area contributed by atoms with E-state index in [4.69, 9.17) is 9.47 Å². The van der Waals surface area contributed by atoms with E-state index in [0.29, 0.717) is 24.8 Å². The molecule has 0 radical (unpaired) electrons. The van der Waals surface area contributed by atoms with Crippen molar-refractivity contribution in [1.29, 1.82) is 0 Å². The Balaban J connectivity index is 1.41. The first-order chi connectivity index (χ1) is 11.8. The third-order valence-electron chi connectivity index (χ3n) is 4.17. The Hall–Kier alpha value is -2.49. The molecule has 2 aromatic carbocycles. The second kappa shape index (κ2) is 8.39. The summed E-state index contributed by atoms with van der Waals surface area (Å²) < 4.78 is 11.2. The zero-order chi connectivity index (χ0) is 16.6. The number of carbonyl (C=O) groups excluding carboxylic acids is 1. The molecule has 1 aliphatic rings. The summed E-state index contributed by atoms with van der Waals surface area (Å²) in [5.41, 5.74) is 0.676. The molecule has 1 aliphatic carbocycles. The number of para-hydroxylation sites is 1.